The zero-order valence-corrected chi connectivity index (χ0v) is 18.4. The van der Waals surface area contributed by atoms with Crippen molar-refractivity contribution < 1.29 is 24.2 Å². The van der Waals surface area contributed by atoms with E-state index in [1.807, 2.05) is 55.5 Å². The molecule has 1 atom stereocenters. The molecule has 2 aromatic rings. The van der Waals surface area contributed by atoms with E-state index in [1.165, 1.54) is 4.90 Å². The number of rotatable bonds is 9. The first kappa shape index (κ1) is 22.6. The fourth-order valence-electron chi connectivity index (χ4n) is 3.66. The molecule has 1 amide bonds. The Morgan fingerprint density at radius 3 is 2.42 bits per heavy atom. The molecule has 0 fully saturated rings. The first-order chi connectivity index (χ1) is 14.8. The van der Waals surface area contributed by atoms with Gasteiger partial charge in [-0.05, 0) is 35.7 Å². The predicted molar refractivity (Wildman–Crippen MR) is 118 cm³/mol. The van der Waals surface area contributed by atoms with E-state index in [4.69, 9.17) is 9.47 Å². The van der Waals surface area contributed by atoms with E-state index in [-0.39, 0.29) is 23.8 Å². The molecule has 2 aromatic carbocycles. The molecule has 1 unspecified atom stereocenters. The van der Waals surface area contributed by atoms with Crippen LogP contribution in [0.25, 0.3) is 0 Å². The van der Waals surface area contributed by atoms with E-state index in [2.05, 4.69) is 0 Å². The summed E-state index contributed by atoms with van der Waals surface area (Å²) >= 11 is 0. The summed E-state index contributed by atoms with van der Waals surface area (Å²) in [6, 6.07) is 14.7. The van der Waals surface area contributed by atoms with E-state index in [0.29, 0.717) is 19.0 Å². The molecule has 164 valence electrons. The van der Waals surface area contributed by atoms with Crippen molar-refractivity contribution in [2.75, 3.05) is 20.3 Å². The standard InChI is InChI=1S/C25H29NO5/c1-16(2)23(27)21-22(26(13-14-30-4)25(29)24(21)28)18-9-11-20(12-10-18)31-15-19-8-6-5-7-17(19)3/h5-12,16,22,28H,13-15H2,1-4H3. The number of Topliss-reactive ketones (excluding diaryl/α,β-unsaturated/α-hetero) is 1. The number of aliphatic hydroxyl groups is 1. The van der Waals surface area contributed by atoms with Gasteiger partial charge in [-0.25, -0.2) is 0 Å². The Balaban J connectivity index is 1.85. The number of ketones is 1. The van der Waals surface area contributed by atoms with Gasteiger partial charge in [-0.1, -0.05) is 50.2 Å². The van der Waals surface area contributed by atoms with Crippen LogP contribution in [-0.2, 0) is 20.9 Å². The van der Waals surface area contributed by atoms with Crippen molar-refractivity contribution >= 4 is 11.7 Å². The second-order valence-electron chi connectivity index (χ2n) is 7.96. The smallest absolute Gasteiger partial charge is 0.290 e. The maximum atomic E-state index is 12.8. The maximum Gasteiger partial charge on any atom is 0.290 e. The summed E-state index contributed by atoms with van der Waals surface area (Å²) in [5, 5.41) is 10.5. The molecule has 31 heavy (non-hydrogen) atoms. The Hall–Kier alpha value is -3.12. The number of aliphatic hydroxyl groups excluding tert-OH is 1. The van der Waals surface area contributed by atoms with Gasteiger partial charge in [0, 0.05) is 19.6 Å². The van der Waals surface area contributed by atoms with E-state index in [0.717, 1.165) is 16.7 Å². The Bertz CT molecular complexity index is 978. The molecule has 1 aliphatic heterocycles. The molecule has 0 saturated heterocycles. The van der Waals surface area contributed by atoms with Gasteiger partial charge in [0.15, 0.2) is 11.5 Å². The van der Waals surface area contributed by atoms with Gasteiger partial charge in [0.25, 0.3) is 5.91 Å². The van der Waals surface area contributed by atoms with Gasteiger partial charge in [-0.15, -0.1) is 0 Å². The van der Waals surface area contributed by atoms with Crippen LogP contribution in [-0.4, -0.2) is 42.0 Å². The number of hydrogen-bond donors (Lipinski definition) is 1. The lowest BCUT2D eigenvalue weighted by Crippen LogP contribution is -2.34. The van der Waals surface area contributed by atoms with Crippen LogP contribution in [0.3, 0.4) is 0 Å². The van der Waals surface area contributed by atoms with Gasteiger partial charge in [0.1, 0.15) is 12.4 Å². The van der Waals surface area contributed by atoms with Crippen molar-refractivity contribution in [3.8, 4) is 5.75 Å². The number of hydrogen-bond acceptors (Lipinski definition) is 5. The van der Waals surface area contributed by atoms with Crippen LogP contribution in [0, 0.1) is 12.8 Å². The molecule has 6 nitrogen and oxygen atoms in total. The molecule has 0 bridgehead atoms. The topological polar surface area (TPSA) is 76.1 Å². The maximum absolute atomic E-state index is 12.8. The van der Waals surface area contributed by atoms with Crippen molar-refractivity contribution in [2.45, 2.75) is 33.4 Å². The summed E-state index contributed by atoms with van der Waals surface area (Å²) in [5.41, 5.74) is 3.15. The molecule has 1 heterocycles. The lowest BCUT2D eigenvalue weighted by Gasteiger charge is -2.27. The average molecular weight is 424 g/mol. The summed E-state index contributed by atoms with van der Waals surface area (Å²) in [6.07, 6.45) is 0. The van der Waals surface area contributed by atoms with Gasteiger partial charge >= 0.3 is 0 Å². The summed E-state index contributed by atoms with van der Waals surface area (Å²) in [4.78, 5) is 27.0. The van der Waals surface area contributed by atoms with E-state index < -0.39 is 17.7 Å². The van der Waals surface area contributed by atoms with Gasteiger partial charge in [-0.2, -0.15) is 0 Å². The lowest BCUT2D eigenvalue weighted by atomic mass is 9.91. The highest BCUT2D eigenvalue weighted by atomic mass is 16.5. The summed E-state index contributed by atoms with van der Waals surface area (Å²) in [5.74, 6) is -0.919. The van der Waals surface area contributed by atoms with Crippen molar-refractivity contribution in [2.24, 2.45) is 5.92 Å². The third-order valence-electron chi connectivity index (χ3n) is 5.48. The molecule has 0 radical (unpaired) electrons. The second-order valence-corrected chi connectivity index (χ2v) is 7.96. The molecule has 1 aliphatic rings. The fraction of sp³-hybridized carbons (Fsp3) is 0.360. The van der Waals surface area contributed by atoms with Crippen molar-refractivity contribution in [1.82, 2.24) is 4.90 Å². The molecule has 0 aliphatic carbocycles. The minimum Gasteiger partial charge on any atom is -0.503 e. The largest absolute Gasteiger partial charge is 0.503 e. The number of ether oxygens (including phenoxy) is 2. The van der Waals surface area contributed by atoms with Crippen LogP contribution < -0.4 is 4.74 Å². The zero-order chi connectivity index (χ0) is 22.5. The Morgan fingerprint density at radius 1 is 1.13 bits per heavy atom. The first-order valence-corrected chi connectivity index (χ1v) is 10.4. The minimum atomic E-state index is -0.650. The summed E-state index contributed by atoms with van der Waals surface area (Å²) in [7, 11) is 1.55. The number of nitrogens with zero attached hydrogens (tertiary/aromatic N) is 1. The third-order valence-corrected chi connectivity index (χ3v) is 5.48. The quantitative estimate of drug-likeness (QED) is 0.656. The molecular formula is C25H29NO5. The van der Waals surface area contributed by atoms with Crippen LogP contribution in [0.2, 0.25) is 0 Å². The fourth-order valence-corrected chi connectivity index (χ4v) is 3.66. The number of carbonyl (C=O) groups is 2. The monoisotopic (exact) mass is 423 g/mol. The van der Waals surface area contributed by atoms with Gasteiger partial charge in [0.05, 0.1) is 18.2 Å². The average Bonchev–Trinajstić information content (AvgIpc) is 3.01. The van der Waals surface area contributed by atoms with E-state index >= 15 is 0 Å². The molecule has 1 N–H and O–H groups in total. The zero-order valence-electron chi connectivity index (χ0n) is 18.4. The molecule has 0 spiro atoms. The summed E-state index contributed by atoms with van der Waals surface area (Å²) < 4.78 is 11.0. The third kappa shape index (κ3) is 4.80. The number of benzene rings is 2. The van der Waals surface area contributed by atoms with E-state index in [9.17, 15) is 14.7 Å². The highest BCUT2D eigenvalue weighted by Crippen LogP contribution is 2.39. The number of amides is 1. The number of methoxy groups -OCH3 is 1. The molecule has 6 heteroatoms. The van der Waals surface area contributed by atoms with E-state index in [1.54, 1.807) is 21.0 Å². The van der Waals surface area contributed by atoms with Crippen LogP contribution >= 0.6 is 0 Å². The molecule has 0 aromatic heterocycles. The molecule has 3 rings (SSSR count). The van der Waals surface area contributed by atoms with Crippen molar-refractivity contribution in [3.05, 3.63) is 76.6 Å². The Kier molecular flexibility index (Phi) is 7.13. The highest BCUT2D eigenvalue weighted by molar-refractivity contribution is 6.09. The highest BCUT2D eigenvalue weighted by Gasteiger charge is 2.43. The minimum absolute atomic E-state index is 0.143. The predicted octanol–water partition coefficient (Wildman–Crippen LogP) is 4.14. The van der Waals surface area contributed by atoms with Crippen molar-refractivity contribution in [3.63, 3.8) is 0 Å². The van der Waals surface area contributed by atoms with Gasteiger partial charge in [0.2, 0.25) is 0 Å². The second kappa shape index (κ2) is 9.79. The summed E-state index contributed by atoms with van der Waals surface area (Å²) in [6.45, 7) is 6.57. The molecular weight excluding hydrogens is 394 g/mol. The van der Waals surface area contributed by atoms with Crippen LogP contribution in [0.5, 0.6) is 5.75 Å². The Morgan fingerprint density at radius 2 is 1.81 bits per heavy atom. The normalized spacial score (nSPS) is 16.4. The van der Waals surface area contributed by atoms with Crippen molar-refractivity contribution in [1.29, 1.82) is 0 Å². The van der Waals surface area contributed by atoms with Gasteiger partial charge in [-0.3, -0.25) is 9.59 Å². The first-order valence-electron chi connectivity index (χ1n) is 10.4. The number of aryl methyl sites for hydroxylation is 1. The van der Waals surface area contributed by atoms with Crippen LogP contribution in [0.4, 0.5) is 0 Å². The lowest BCUT2D eigenvalue weighted by molar-refractivity contribution is -0.130. The van der Waals surface area contributed by atoms with Crippen LogP contribution in [0.15, 0.2) is 59.9 Å². The SMILES string of the molecule is COCCN1C(=O)C(O)=C(C(=O)C(C)C)C1c1ccc(OCc2ccccc2C)cc1. The number of carbonyl (C=O) groups excluding carboxylic acids is 2. The molecule has 0 saturated carbocycles. The van der Waals surface area contributed by atoms with Crippen LogP contribution in [0.1, 0.15) is 36.6 Å². The van der Waals surface area contributed by atoms with Gasteiger partial charge < -0.3 is 19.5 Å². The Labute approximate surface area is 183 Å².